The molecular formula is C23H25N3O5. The molecule has 4 rings (SSSR count). The van der Waals surface area contributed by atoms with Crippen LogP contribution in [0.25, 0.3) is 10.8 Å². The summed E-state index contributed by atoms with van der Waals surface area (Å²) in [5.74, 6) is 0.960. The summed E-state index contributed by atoms with van der Waals surface area (Å²) in [6.45, 7) is 1.30. The number of rotatable bonds is 9. The third-order valence-electron chi connectivity index (χ3n) is 5.32. The van der Waals surface area contributed by atoms with Crippen molar-refractivity contribution in [3.8, 4) is 11.5 Å². The average molecular weight is 423 g/mol. The molecule has 1 aliphatic heterocycles. The molecule has 1 saturated heterocycles. The number of nitrogens with two attached hydrogens (primary N) is 1. The van der Waals surface area contributed by atoms with Gasteiger partial charge in [-0.25, -0.2) is 4.79 Å². The number of nitrogens with one attached hydrogen (secondary N) is 2. The van der Waals surface area contributed by atoms with Crippen LogP contribution in [0, 0.1) is 5.41 Å². The van der Waals surface area contributed by atoms with Gasteiger partial charge in [-0.05, 0) is 37.1 Å². The Morgan fingerprint density at radius 3 is 2.87 bits per heavy atom. The summed E-state index contributed by atoms with van der Waals surface area (Å²) in [6.07, 6.45) is 3.92. The summed E-state index contributed by atoms with van der Waals surface area (Å²) >= 11 is 0. The Morgan fingerprint density at radius 2 is 2.13 bits per heavy atom. The van der Waals surface area contributed by atoms with Gasteiger partial charge in [-0.15, -0.1) is 0 Å². The maximum Gasteiger partial charge on any atom is 0.341 e. The molecule has 0 saturated carbocycles. The topological polar surface area (TPSA) is 131 Å². The summed E-state index contributed by atoms with van der Waals surface area (Å²) in [5.41, 5.74) is 7.09. The first-order chi connectivity index (χ1) is 15.0. The third-order valence-corrected chi connectivity index (χ3v) is 5.32. The Hall–Kier alpha value is -3.52. The van der Waals surface area contributed by atoms with Crippen molar-refractivity contribution in [2.75, 3.05) is 19.7 Å². The van der Waals surface area contributed by atoms with E-state index < -0.39 is 12.6 Å². The summed E-state index contributed by atoms with van der Waals surface area (Å²) < 4.78 is 17.3. The van der Waals surface area contributed by atoms with E-state index in [0.29, 0.717) is 29.9 Å². The molecule has 3 aromatic rings. The molecule has 2 aromatic carbocycles. The highest BCUT2D eigenvalue weighted by atomic mass is 16.5. The summed E-state index contributed by atoms with van der Waals surface area (Å²) in [5, 5.41) is 21.7. The molecule has 1 atom stereocenters. The van der Waals surface area contributed by atoms with Crippen molar-refractivity contribution in [3.05, 3.63) is 59.5 Å². The first-order valence-electron chi connectivity index (χ1n) is 10.2. The van der Waals surface area contributed by atoms with E-state index in [1.807, 2.05) is 24.3 Å². The number of ether oxygens (including phenoxy) is 2. The second-order valence-corrected chi connectivity index (χ2v) is 7.56. The van der Waals surface area contributed by atoms with Gasteiger partial charge in [-0.3, -0.25) is 5.41 Å². The number of benzene rings is 2. The molecule has 31 heavy (non-hydrogen) atoms. The van der Waals surface area contributed by atoms with Crippen LogP contribution in [0.15, 0.2) is 47.1 Å². The fraction of sp³-hybridized carbons (Fsp3) is 0.304. The second-order valence-electron chi connectivity index (χ2n) is 7.56. The maximum absolute atomic E-state index is 11.0. The second kappa shape index (κ2) is 9.09. The molecular weight excluding hydrogens is 398 g/mol. The van der Waals surface area contributed by atoms with Gasteiger partial charge in [-0.2, -0.15) is 0 Å². The number of hydrogen-bond donors (Lipinski definition) is 4. The highest BCUT2D eigenvalue weighted by molar-refractivity contribution is 5.99. The molecule has 1 aromatic heterocycles. The highest BCUT2D eigenvalue weighted by Gasteiger charge is 2.17. The van der Waals surface area contributed by atoms with Gasteiger partial charge in [0, 0.05) is 35.4 Å². The van der Waals surface area contributed by atoms with E-state index in [1.165, 1.54) is 0 Å². The smallest absolute Gasteiger partial charge is 0.341 e. The van der Waals surface area contributed by atoms with E-state index in [0.717, 1.165) is 41.6 Å². The quantitative estimate of drug-likeness (QED) is 0.307. The van der Waals surface area contributed by atoms with E-state index in [-0.39, 0.29) is 11.9 Å². The number of aliphatic carboxylic acids is 1. The van der Waals surface area contributed by atoms with Crippen molar-refractivity contribution in [3.63, 3.8) is 0 Å². The summed E-state index contributed by atoms with van der Waals surface area (Å²) in [7, 11) is 0. The molecule has 8 nitrogen and oxygen atoms in total. The maximum atomic E-state index is 11.0. The zero-order chi connectivity index (χ0) is 21.8. The lowest BCUT2D eigenvalue weighted by Gasteiger charge is -2.16. The van der Waals surface area contributed by atoms with Crippen LogP contribution >= 0.6 is 0 Å². The molecule has 0 amide bonds. The number of fused-ring (bicyclic) bond motifs is 1. The highest BCUT2D eigenvalue weighted by Crippen LogP contribution is 2.29. The number of carboxylic acid groups (broad SMARTS) is 1. The number of nitrogen functional groups attached to an aromatic ring is 1. The molecule has 8 heteroatoms. The number of aryl methyl sites for hydroxylation is 2. The van der Waals surface area contributed by atoms with Gasteiger partial charge < -0.3 is 30.0 Å². The van der Waals surface area contributed by atoms with Gasteiger partial charge in [0.25, 0.3) is 0 Å². The molecule has 2 heterocycles. The monoisotopic (exact) mass is 423 g/mol. The number of amidine groups is 1. The number of carbonyl (C=O) groups is 1. The fourth-order valence-electron chi connectivity index (χ4n) is 3.73. The zero-order valence-electron chi connectivity index (χ0n) is 17.0. The Kier molecular flexibility index (Phi) is 6.08. The van der Waals surface area contributed by atoms with Gasteiger partial charge in [-0.1, -0.05) is 18.2 Å². The van der Waals surface area contributed by atoms with Crippen LogP contribution in [-0.4, -0.2) is 42.7 Å². The molecule has 0 unspecified atom stereocenters. The molecule has 0 radical (unpaired) electrons. The predicted molar refractivity (Wildman–Crippen MR) is 116 cm³/mol. The Labute approximate surface area is 179 Å². The molecule has 1 aliphatic rings. The minimum absolute atomic E-state index is 0.0144. The van der Waals surface area contributed by atoms with Crippen molar-refractivity contribution in [2.24, 2.45) is 5.73 Å². The third kappa shape index (κ3) is 4.97. The Bertz CT molecular complexity index is 1100. The van der Waals surface area contributed by atoms with Crippen LogP contribution in [0.4, 0.5) is 0 Å². The van der Waals surface area contributed by atoms with Crippen molar-refractivity contribution < 1.29 is 23.8 Å². The lowest BCUT2D eigenvalue weighted by atomic mass is 10.0. The Morgan fingerprint density at radius 1 is 1.26 bits per heavy atom. The first-order valence-corrected chi connectivity index (χ1v) is 10.2. The Balaban J connectivity index is 1.51. The lowest BCUT2D eigenvalue weighted by Crippen LogP contribution is -2.19. The van der Waals surface area contributed by atoms with Gasteiger partial charge in [0.15, 0.2) is 6.61 Å². The molecule has 1 fully saturated rings. The van der Waals surface area contributed by atoms with Crippen molar-refractivity contribution >= 4 is 22.6 Å². The van der Waals surface area contributed by atoms with Gasteiger partial charge in [0.2, 0.25) is 0 Å². The van der Waals surface area contributed by atoms with Crippen LogP contribution in [0.3, 0.4) is 0 Å². The number of furan rings is 1. The van der Waals surface area contributed by atoms with Gasteiger partial charge in [0.1, 0.15) is 29.2 Å². The summed E-state index contributed by atoms with van der Waals surface area (Å²) in [6, 6.07) is 11.1. The standard InChI is InChI=1S/C23H25N3O5/c24-23(25)15-2-5-19-16(9-15)12-29-20(19)6-3-14-1-4-17(31-18-7-8-26-11-18)10-21(14)30-13-22(27)28/h1-2,4-5,9-10,12,18,26H,3,6-8,11,13H2,(H3,24,25)(H,27,28)/t18-/m0/s1. The fourth-order valence-corrected chi connectivity index (χ4v) is 3.73. The molecule has 0 spiro atoms. The van der Waals surface area contributed by atoms with Crippen LogP contribution < -0.4 is 20.5 Å². The minimum atomic E-state index is -1.03. The predicted octanol–water partition coefficient (Wildman–Crippen LogP) is 2.71. The van der Waals surface area contributed by atoms with E-state index in [1.54, 1.807) is 18.4 Å². The summed E-state index contributed by atoms with van der Waals surface area (Å²) in [4.78, 5) is 11.0. The lowest BCUT2D eigenvalue weighted by molar-refractivity contribution is -0.139. The minimum Gasteiger partial charge on any atom is -0.489 e. The van der Waals surface area contributed by atoms with E-state index >= 15 is 0 Å². The number of hydrogen-bond acceptors (Lipinski definition) is 6. The SMILES string of the molecule is N=C(N)c1ccc2c(CCc3ccc(O[C@H]4CCNC4)cc3OCC(=O)O)occ2c1. The molecule has 0 aliphatic carbocycles. The molecule has 0 bridgehead atoms. The van der Waals surface area contributed by atoms with E-state index in [2.05, 4.69) is 5.32 Å². The number of carboxylic acids is 1. The molecule has 162 valence electrons. The van der Waals surface area contributed by atoms with Crippen molar-refractivity contribution in [1.29, 1.82) is 5.41 Å². The van der Waals surface area contributed by atoms with Crippen LogP contribution in [0.1, 0.15) is 23.3 Å². The normalized spacial score (nSPS) is 15.8. The van der Waals surface area contributed by atoms with Crippen LogP contribution in [-0.2, 0) is 17.6 Å². The first kappa shape index (κ1) is 20.7. The largest absolute Gasteiger partial charge is 0.489 e. The van der Waals surface area contributed by atoms with E-state index in [9.17, 15) is 4.79 Å². The van der Waals surface area contributed by atoms with Crippen LogP contribution in [0.5, 0.6) is 11.5 Å². The van der Waals surface area contributed by atoms with E-state index in [4.69, 9.17) is 30.1 Å². The van der Waals surface area contributed by atoms with Gasteiger partial charge in [0.05, 0.1) is 6.26 Å². The van der Waals surface area contributed by atoms with Crippen molar-refractivity contribution in [2.45, 2.75) is 25.4 Å². The van der Waals surface area contributed by atoms with Crippen LogP contribution in [0.2, 0.25) is 0 Å². The molecule has 5 N–H and O–H groups in total. The average Bonchev–Trinajstić information content (AvgIpc) is 3.40. The van der Waals surface area contributed by atoms with Gasteiger partial charge >= 0.3 is 5.97 Å². The zero-order valence-corrected chi connectivity index (χ0v) is 17.0. The van der Waals surface area contributed by atoms with Crippen molar-refractivity contribution in [1.82, 2.24) is 5.32 Å².